The Morgan fingerprint density at radius 3 is 3.05 bits per heavy atom. The number of rotatable bonds is 6. The molecule has 1 aromatic heterocycles. The number of methoxy groups -OCH3 is 1. The van der Waals surface area contributed by atoms with Gasteiger partial charge >= 0.3 is 5.97 Å². The minimum absolute atomic E-state index is 0.176. The monoisotopic (exact) mass is 281 g/mol. The number of hydrogen-bond acceptors (Lipinski definition) is 6. The molecule has 0 aromatic carbocycles. The van der Waals surface area contributed by atoms with Gasteiger partial charge in [-0.1, -0.05) is 5.16 Å². The molecular formula is C13H19N3O4. The van der Waals surface area contributed by atoms with E-state index in [4.69, 9.17) is 9.26 Å². The highest BCUT2D eigenvalue weighted by atomic mass is 16.5. The number of aromatic nitrogens is 2. The molecule has 0 spiro atoms. The fourth-order valence-electron chi connectivity index (χ4n) is 2.87. The highest BCUT2D eigenvalue weighted by molar-refractivity contribution is 5.79. The Morgan fingerprint density at radius 2 is 2.40 bits per heavy atom. The summed E-state index contributed by atoms with van der Waals surface area (Å²) in [6.07, 6.45) is 3.63. The van der Waals surface area contributed by atoms with Crippen LogP contribution in [0.15, 0.2) is 4.52 Å². The van der Waals surface area contributed by atoms with E-state index in [1.807, 2.05) is 4.90 Å². The quantitative estimate of drug-likeness (QED) is 0.832. The zero-order valence-corrected chi connectivity index (χ0v) is 11.5. The van der Waals surface area contributed by atoms with Gasteiger partial charge in [-0.05, 0) is 32.2 Å². The Kier molecular flexibility index (Phi) is 3.47. The number of carboxylic acids is 1. The number of likely N-dealkylation sites (tertiary alicyclic amines) is 1. The van der Waals surface area contributed by atoms with Gasteiger partial charge in [-0.2, -0.15) is 4.98 Å². The minimum Gasteiger partial charge on any atom is -0.480 e. The number of aliphatic carboxylic acids is 1. The maximum atomic E-state index is 11.7. The third-order valence-electron chi connectivity index (χ3n) is 4.15. The summed E-state index contributed by atoms with van der Waals surface area (Å²) >= 11 is 0. The largest absolute Gasteiger partial charge is 0.480 e. The number of carboxylic acid groups (broad SMARTS) is 1. The predicted octanol–water partition coefficient (Wildman–Crippen LogP) is 1.01. The molecular weight excluding hydrogens is 262 g/mol. The fraction of sp³-hybridized carbons (Fsp3) is 0.769. The zero-order valence-electron chi connectivity index (χ0n) is 11.5. The van der Waals surface area contributed by atoms with Gasteiger partial charge in [0, 0.05) is 13.0 Å². The van der Waals surface area contributed by atoms with Gasteiger partial charge < -0.3 is 14.4 Å². The topological polar surface area (TPSA) is 88.7 Å². The SMILES string of the molecule is COCC1(C(=O)O)CCCN1Cc1noc(C2CC2)n1. The first kappa shape index (κ1) is 13.5. The van der Waals surface area contributed by atoms with Crippen LogP contribution in [0.1, 0.15) is 43.3 Å². The molecule has 1 atom stereocenters. The molecule has 0 bridgehead atoms. The first-order chi connectivity index (χ1) is 9.65. The second kappa shape index (κ2) is 5.14. The molecule has 110 valence electrons. The fourth-order valence-corrected chi connectivity index (χ4v) is 2.87. The summed E-state index contributed by atoms with van der Waals surface area (Å²) in [5.41, 5.74) is -0.963. The van der Waals surface area contributed by atoms with Crippen LogP contribution in [0, 0.1) is 0 Å². The lowest BCUT2D eigenvalue weighted by Gasteiger charge is -2.33. The third-order valence-corrected chi connectivity index (χ3v) is 4.15. The van der Waals surface area contributed by atoms with E-state index >= 15 is 0 Å². The maximum absolute atomic E-state index is 11.7. The van der Waals surface area contributed by atoms with Crippen LogP contribution in [-0.4, -0.2) is 51.9 Å². The molecule has 2 fully saturated rings. The van der Waals surface area contributed by atoms with Crippen molar-refractivity contribution in [2.45, 2.75) is 43.7 Å². The van der Waals surface area contributed by atoms with Crippen LogP contribution >= 0.6 is 0 Å². The molecule has 3 rings (SSSR count). The molecule has 2 heterocycles. The number of carbonyl (C=O) groups is 1. The van der Waals surface area contributed by atoms with Crippen LogP contribution in [0.25, 0.3) is 0 Å². The van der Waals surface area contributed by atoms with Crippen molar-refractivity contribution < 1.29 is 19.2 Å². The number of nitrogens with zero attached hydrogens (tertiary/aromatic N) is 3. The van der Waals surface area contributed by atoms with Gasteiger partial charge in [0.1, 0.15) is 5.54 Å². The van der Waals surface area contributed by atoms with Crippen LogP contribution in [0.4, 0.5) is 0 Å². The maximum Gasteiger partial charge on any atom is 0.326 e. The molecule has 20 heavy (non-hydrogen) atoms. The first-order valence-electron chi connectivity index (χ1n) is 6.95. The lowest BCUT2D eigenvalue weighted by molar-refractivity contribution is -0.153. The summed E-state index contributed by atoms with van der Waals surface area (Å²) < 4.78 is 10.3. The molecule has 1 aliphatic heterocycles. The number of ether oxygens (including phenoxy) is 1. The molecule has 7 nitrogen and oxygen atoms in total. The molecule has 1 saturated heterocycles. The van der Waals surface area contributed by atoms with Gasteiger partial charge in [-0.15, -0.1) is 0 Å². The van der Waals surface area contributed by atoms with Gasteiger partial charge in [0.2, 0.25) is 5.89 Å². The van der Waals surface area contributed by atoms with E-state index in [-0.39, 0.29) is 6.61 Å². The van der Waals surface area contributed by atoms with Gasteiger partial charge in [-0.25, -0.2) is 0 Å². The second-order valence-corrected chi connectivity index (χ2v) is 5.62. The summed E-state index contributed by atoms with van der Waals surface area (Å²) in [6.45, 7) is 1.28. The van der Waals surface area contributed by atoms with Gasteiger partial charge in [0.15, 0.2) is 5.82 Å². The summed E-state index contributed by atoms with van der Waals surface area (Å²) in [5, 5.41) is 13.5. The summed E-state index contributed by atoms with van der Waals surface area (Å²) in [4.78, 5) is 17.9. The Labute approximate surface area is 116 Å². The lowest BCUT2D eigenvalue weighted by atomic mass is 9.97. The Balaban J connectivity index is 1.75. The predicted molar refractivity (Wildman–Crippen MR) is 68.2 cm³/mol. The molecule has 0 amide bonds. The van der Waals surface area contributed by atoms with E-state index in [9.17, 15) is 9.90 Å². The van der Waals surface area contributed by atoms with Crippen molar-refractivity contribution in [2.75, 3.05) is 20.3 Å². The average Bonchev–Trinajstić information content (AvgIpc) is 3.04. The summed E-state index contributed by atoms with van der Waals surface area (Å²) in [6, 6.07) is 0. The normalized spacial score (nSPS) is 27.1. The van der Waals surface area contributed by atoms with Crippen molar-refractivity contribution >= 4 is 5.97 Å². The van der Waals surface area contributed by atoms with Crippen molar-refractivity contribution in [1.29, 1.82) is 0 Å². The van der Waals surface area contributed by atoms with Crippen molar-refractivity contribution in [3.05, 3.63) is 11.7 Å². The third kappa shape index (κ3) is 2.31. The highest BCUT2D eigenvalue weighted by Crippen LogP contribution is 2.39. The van der Waals surface area contributed by atoms with Crippen LogP contribution in [0.3, 0.4) is 0 Å². The zero-order chi connectivity index (χ0) is 14.2. The van der Waals surface area contributed by atoms with E-state index in [0.717, 1.165) is 19.3 Å². The standard InChI is InChI=1S/C13H19N3O4/c1-19-8-13(12(17)18)5-2-6-16(13)7-10-14-11(20-15-10)9-3-4-9/h9H,2-8H2,1H3,(H,17,18). The van der Waals surface area contributed by atoms with Crippen LogP contribution in [0.2, 0.25) is 0 Å². The lowest BCUT2D eigenvalue weighted by Crippen LogP contribution is -2.53. The van der Waals surface area contributed by atoms with Gasteiger partial charge in [0.05, 0.1) is 13.2 Å². The number of hydrogen-bond donors (Lipinski definition) is 1. The highest BCUT2D eigenvalue weighted by Gasteiger charge is 2.48. The van der Waals surface area contributed by atoms with Gasteiger partial charge in [-0.3, -0.25) is 9.69 Å². The van der Waals surface area contributed by atoms with E-state index < -0.39 is 11.5 Å². The van der Waals surface area contributed by atoms with Crippen molar-refractivity contribution in [1.82, 2.24) is 15.0 Å². The molecule has 2 aliphatic rings. The molecule has 1 aliphatic carbocycles. The smallest absolute Gasteiger partial charge is 0.326 e. The Hall–Kier alpha value is -1.47. The summed E-state index contributed by atoms with van der Waals surface area (Å²) in [5.74, 6) is 0.822. The van der Waals surface area contributed by atoms with Crippen LogP contribution < -0.4 is 0 Å². The van der Waals surface area contributed by atoms with Crippen LogP contribution in [-0.2, 0) is 16.1 Å². The van der Waals surface area contributed by atoms with Gasteiger partial charge in [0.25, 0.3) is 0 Å². The van der Waals surface area contributed by atoms with Crippen molar-refractivity contribution in [3.8, 4) is 0 Å². The first-order valence-corrected chi connectivity index (χ1v) is 6.95. The van der Waals surface area contributed by atoms with Crippen molar-refractivity contribution in [3.63, 3.8) is 0 Å². The molecule has 1 unspecified atom stereocenters. The molecule has 0 radical (unpaired) electrons. The molecule has 7 heteroatoms. The Morgan fingerprint density at radius 1 is 1.60 bits per heavy atom. The molecule has 1 aromatic rings. The Bertz CT molecular complexity index is 500. The van der Waals surface area contributed by atoms with E-state index in [1.54, 1.807) is 0 Å². The average molecular weight is 281 g/mol. The second-order valence-electron chi connectivity index (χ2n) is 5.62. The molecule has 1 saturated carbocycles. The molecule has 1 N–H and O–H groups in total. The minimum atomic E-state index is -0.963. The van der Waals surface area contributed by atoms with E-state index in [1.165, 1.54) is 7.11 Å². The van der Waals surface area contributed by atoms with Crippen LogP contribution in [0.5, 0.6) is 0 Å². The summed E-state index contributed by atoms with van der Waals surface area (Å²) in [7, 11) is 1.53. The van der Waals surface area contributed by atoms with E-state index in [2.05, 4.69) is 10.1 Å². The van der Waals surface area contributed by atoms with E-state index in [0.29, 0.717) is 37.1 Å². The van der Waals surface area contributed by atoms with Crippen molar-refractivity contribution in [2.24, 2.45) is 0 Å².